The summed E-state index contributed by atoms with van der Waals surface area (Å²) in [5.74, 6) is -0.0861. The summed E-state index contributed by atoms with van der Waals surface area (Å²) in [4.78, 5) is 34.7. The molecule has 1 unspecified atom stereocenters. The fraction of sp³-hybridized carbons (Fsp3) is 0.250. The maximum atomic E-state index is 12.5. The lowest BCUT2D eigenvalue weighted by Gasteiger charge is -2.28. The number of amides is 1. The summed E-state index contributed by atoms with van der Waals surface area (Å²) in [6, 6.07) is 8.37. The Bertz CT molecular complexity index is 784. The van der Waals surface area contributed by atoms with E-state index in [9.17, 15) is 9.59 Å². The first-order chi connectivity index (χ1) is 11.6. The molecule has 1 aliphatic heterocycles. The number of carbonyl (C=O) groups is 2. The highest BCUT2D eigenvalue weighted by Crippen LogP contribution is 2.18. The summed E-state index contributed by atoms with van der Waals surface area (Å²) in [6.45, 7) is 1.70. The summed E-state index contributed by atoms with van der Waals surface area (Å²) in [5, 5.41) is 3.99. The fourth-order valence-electron chi connectivity index (χ4n) is 2.21. The van der Waals surface area contributed by atoms with Gasteiger partial charge in [-0.25, -0.2) is 4.79 Å². The largest absolute Gasteiger partial charge is 0.463 e. The lowest BCUT2D eigenvalue weighted by atomic mass is 10.2. The third-order valence-corrected chi connectivity index (χ3v) is 3.42. The Morgan fingerprint density at radius 3 is 2.88 bits per heavy atom. The molecule has 1 atom stereocenters. The molecule has 2 aromatic heterocycles. The summed E-state index contributed by atoms with van der Waals surface area (Å²) in [6.07, 6.45) is 0.883. The van der Waals surface area contributed by atoms with E-state index in [2.05, 4.69) is 14.9 Å². The van der Waals surface area contributed by atoms with E-state index >= 15 is 0 Å². The number of amidine groups is 1. The van der Waals surface area contributed by atoms with Gasteiger partial charge in [0.05, 0.1) is 13.7 Å². The third-order valence-electron chi connectivity index (χ3n) is 3.42. The van der Waals surface area contributed by atoms with Crippen molar-refractivity contribution in [2.24, 2.45) is 5.16 Å². The predicted octanol–water partition coefficient (Wildman–Crippen LogP) is 1.57. The van der Waals surface area contributed by atoms with Gasteiger partial charge in [-0.15, -0.1) is 0 Å². The van der Waals surface area contributed by atoms with Gasteiger partial charge in [0.15, 0.2) is 0 Å². The number of aromatic nitrogens is 1. The standard InChI is InChI=1S/C16H15N3O5/c1-10-15(20)19(9-11-6-7-13(23-11)16(21)22-2)14(18-24-10)12-5-3-4-8-17-12/h3-8,10H,9H2,1-2H3. The smallest absolute Gasteiger partial charge is 0.373 e. The molecule has 0 N–H and O–H groups in total. The molecule has 8 nitrogen and oxygen atoms in total. The van der Waals surface area contributed by atoms with Gasteiger partial charge in [0.2, 0.25) is 17.7 Å². The number of pyridine rings is 1. The Morgan fingerprint density at radius 2 is 2.17 bits per heavy atom. The normalized spacial score (nSPS) is 17.2. The third kappa shape index (κ3) is 2.98. The van der Waals surface area contributed by atoms with E-state index in [-0.39, 0.29) is 24.0 Å². The molecule has 1 aliphatic rings. The lowest BCUT2D eigenvalue weighted by Crippen LogP contribution is -2.46. The topological polar surface area (TPSA) is 94.2 Å². The molecule has 0 saturated carbocycles. The maximum absolute atomic E-state index is 12.5. The first kappa shape index (κ1) is 15.7. The minimum Gasteiger partial charge on any atom is -0.463 e. The number of furan rings is 1. The number of esters is 1. The summed E-state index contributed by atoms with van der Waals surface area (Å²) in [7, 11) is 1.27. The monoisotopic (exact) mass is 329 g/mol. The van der Waals surface area contributed by atoms with Crippen molar-refractivity contribution in [3.8, 4) is 0 Å². The van der Waals surface area contributed by atoms with Gasteiger partial charge in [-0.2, -0.15) is 0 Å². The van der Waals surface area contributed by atoms with Crippen LogP contribution in [0.2, 0.25) is 0 Å². The van der Waals surface area contributed by atoms with E-state index in [0.717, 1.165) is 0 Å². The van der Waals surface area contributed by atoms with Crippen molar-refractivity contribution in [1.29, 1.82) is 0 Å². The van der Waals surface area contributed by atoms with Crippen molar-refractivity contribution < 1.29 is 23.6 Å². The van der Waals surface area contributed by atoms with Gasteiger partial charge in [0.25, 0.3) is 5.91 Å². The van der Waals surface area contributed by atoms with Crippen LogP contribution in [0.1, 0.15) is 28.9 Å². The van der Waals surface area contributed by atoms with Gasteiger partial charge in [0.1, 0.15) is 11.5 Å². The molecule has 124 valence electrons. The van der Waals surface area contributed by atoms with Crippen molar-refractivity contribution in [2.75, 3.05) is 7.11 Å². The average Bonchev–Trinajstić information content (AvgIpc) is 3.08. The van der Waals surface area contributed by atoms with E-state index < -0.39 is 12.1 Å². The zero-order chi connectivity index (χ0) is 17.1. The molecule has 1 amide bonds. The van der Waals surface area contributed by atoms with E-state index in [1.807, 2.05) is 0 Å². The van der Waals surface area contributed by atoms with Crippen LogP contribution < -0.4 is 0 Å². The number of hydrogen-bond donors (Lipinski definition) is 0. The lowest BCUT2D eigenvalue weighted by molar-refractivity contribution is -0.142. The molecule has 0 saturated heterocycles. The van der Waals surface area contributed by atoms with Crippen molar-refractivity contribution in [2.45, 2.75) is 19.6 Å². The highest BCUT2D eigenvalue weighted by molar-refractivity contribution is 6.08. The highest BCUT2D eigenvalue weighted by atomic mass is 16.6. The molecular weight excluding hydrogens is 314 g/mol. The molecule has 0 radical (unpaired) electrons. The van der Waals surface area contributed by atoms with Gasteiger partial charge < -0.3 is 14.0 Å². The molecule has 3 heterocycles. The van der Waals surface area contributed by atoms with Crippen LogP contribution in [0.25, 0.3) is 0 Å². The molecule has 8 heteroatoms. The van der Waals surface area contributed by atoms with Crippen molar-refractivity contribution in [1.82, 2.24) is 9.88 Å². The molecule has 0 fully saturated rings. The highest BCUT2D eigenvalue weighted by Gasteiger charge is 2.33. The molecule has 2 aromatic rings. The van der Waals surface area contributed by atoms with Gasteiger partial charge >= 0.3 is 5.97 Å². The van der Waals surface area contributed by atoms with E-state index in [0.29, 0.717) is 11.5 Å². The van der Waals surface area contributed by atoms with Crippen LogP contribution in [-0.2, 0) is 20.9 Å². The number of rotatable bonds is 4. The average molecular weight is 329 g/mol. The number of ether oxygens (including phenoxy) is 1. The second kappa shape index (κ2) is 6.53. The van der Waals surface area contributed by atoms with Crippen LogP contribution in [0.4, 0.5) is 0 Å². The van der Waals surface area contributed by atoms with E-state index in [4.69, 9.17) is 9.25 Å². The van der Waals surface area contributed by atoms with Crippen LogP contribution >= 0.6 is 0 Å². The first-order valence-corrected chi connectivity index (χ1v) is 7.23. The van der Waals surface area contributed by atoms with Crippen LogP contribution in [-0.4, -0.2) is 40.8 Å². The maximum Gasteiger partial charge on any atom is 0.373 e. The molecule has 0 aliphatic carbocycles. The SMILES string of the molecule is COC(=O)c1ccc(CN2C(=O)C(C)ON=C2c2ccccn2)o1. The molecule has 0 bridgehead atoms. The minimum atomic E-state index is -0.715. The van der Waals surface area contributed by atoms with Gasteiger partial charge in [-0.1, -0.05) is 11.2 Å². The Labute approximate surface area is 137 Å². The molecule has 24 heavy (non-hydrogen) atoms. The number of oxime groups is 1. The number of methoxy groups -OCH3 is 1. The number of nitrogens with zero attached hydrogens (tertiary/aromatic N) is 3. The Hall–Kier alpha value is -3.16. The molecule has 0 spiro atoms. The Kier molecular flexibility index (Phi) is 4.28. The van der Waals surface area contributed by atoms with Crippen LogP contribution in [0.3, 0.4) is 0 Å². The van der Waals surface area contributed by atoms with Crippen molar-refractivity contribution >= 4 is 17.7 Å². The summed E-state index contributed by atoms with van der Waals surface area (Å²) < 4.78 is 10.0. The molecular formula is C16H15N3O5. The minimum absolute atomic E-state index is 0.0672. The summed E-state index contributed by atoms with van der Waals surface area (Å²) >= 11 is 0. The number of carbonyl (C=O) groups excluding carboxylic acids is 2. The van der Waals surface area contributed by atoms with Gasteiger partial charge in [0, 0.05) is 6.20 Å². The van der Waals surface area contributed by atoms with Crippen molar-refractivity contribution in [3.63, 3.8) is 0 Å². The zero-order valence-corrected chi connectivity index (χ0v) is 13.1. The fourth-order valence-corrected chi connectivity index (χ4v) is 2.21. The molecule has 3 rings (SSSR count). The Morgan fingerprint density at radius 1 is 1.33 bits per heavy atom. The molecule has 0 aromatic carbocycles. The summed E-state index contributed by atoms with van der Waals surface area (Å²) in [5.41, 5.74) is 0.498. The zero-order valence-electron chi connectivity index (χ0n) is 13.1. The predicted molar refractivity (Wildman–Crippen MR) is 81.9 cm³/mol. The second-order valence-electron chi connectivity index (χ2n) is 5.06. The van der Waals surface area contributed by atoms with Crippen LogP contribution in [0.5, 0.6) is 0 Å². The quantitative estimate of drug-likeness (QED) is 0.790. The van der Waals surface area contributed by atoms with Crippen LogP contribution in [0.15, 0.2) is 46.1 Å². The van der Waals surface area contributed by atoms with Gasteiger partial charge in [-0.3, -0.25) is 14.7 Å². The van der Waals surface area contributed by atoms with Gasteiger partial charge in [-0.05, 0) is 31.2 Å². The Balaban J connectivity index is 1.89. The first-order valence-electron chi connectivity index (χ1n) is 7.23. The van der Waals surface area contributed by atoms with E-state index in [1.54, 1.807) is 37.4 Å². The van der Waals surface area contributed by atoms with Crippen molar-refractivity contribution in [3.05, 3.63) is 53.7 Å². The number of hydrogen-bond acceptors (Lipinski definition) is 7. The van der Waals surface area contributed by atoms with Crippen LogP contribution in [0, 0.1) is 0 Å². The van der Waals surface area contributed by atoms with E-state index in [1.165, 1.54) is 18.1 Å². The second-order valence-corrected chi connectivity index (χ2v) is 5.06.